The Kier molecular flexibility index (Phi) is 6.77. The topological polar surface area (TPSA) is 74.6 Å². The van der Waals surface area contributed by atoms with Crippen LogP contribution in [0, 0.1) is 5.92 Å². The molecular formula is C19H21Cl2N3O3. The molecule has 6 nitrogen and oxygen atoms in total. The van der Waals surface area contributed by atoms with Crippen molar-refractivity contribution in [3.05, 3.63) is 52.4 Å². The highest BCUT2D eigenvalue weighted by molar-refractivity contribution is 6.42. The Morgan fingerprint density at radius 3 is 2.59 bits per heavy atom. The number of nitrogens with one attached hydrogen (secondary N) is 2. The van der Waals surface area contributed by atoms with Gasteiger partial charge in [-0.2, -0.15) is 0 Å². The Bertz CT molecular complexity index is 788. The third-order valence-electron chi connectivity index (χ3n) is 4.55. The molecular weight excluding hydrogens is 389 g/mol. The van der Waals surface area contributed by atoms with Crippen molar-refractivity contribution in [1.29, 1.82) is 0 Å². The van der Waals surface area contributed by atoms with Crippen LogP contribution >= 0.6 is 23.2 Å². The van der Waals surface area contributed by atoms with E-state index in [1.807, 2.05) is 11.0 Å². The number of carbonyl (C=O) groups is 2. The maximum atomic E-state index is 12.2. The van der Waals surface area contributed by atoms with Gasteiger partial charge in [0.15, 0.2) is 0 Å². The standard InChI is InChI=1S/C19H21Cl2N3O3/c20-16-4-3-14(10-17(16)21)23-18(25)12-24-7-5-13(6-8-24)19(26)22-11-15-2-1-9-27-15/h1-4,9-10,13H,5-8,11-12H2,(H,22,26)(H,23,25). The van der Waals surface area contributed by atoms with Crippen LogP contribution in [-0.4, -0.2) is 36.3 Å². The van der Waals surface area contributed by atoms with E-state index in [0.717, 1.165) is 18.6 Å². The fraction of sp³-hybridized carbons (Fsp3) is 0.368. The molecule has 1 aliphatic rings. The average molecular weight is 410 g/mol. The highest BCUT2D eigenvalue weighted by Gasteiger charge is 2.25. The van der Waals surface area contributed by atoms with Gasteiger partial charge in [0.05, 0.1) is 29.4 Å². The van der Waals surface area contributed by atoms with Crippen molar-refractivity contribution in [2.45, 2.75) is 19.4 Å². The fourth-order valence-electron chi connectivity index (χ4n) is 3.06. The number of hydrogen-bond acceptors (Lipinski definition) is 4. The summed E-state index contributed by atoms with van der Waals surface area (Å²) < 4.78 is 5.21. The van der Waals surface area contributed by atoms with Crippen LogP contribution in [0.15, 0.2) is 41.0 Å². The molecule has 1 fully saturated rings. The number of amides is 2. The zero-order valence-corrected chi connectivity index (χ0v) is 16.2. The van der Waals surface area contributed by atoms with Gasteiger partial charge in [-0.05, 0) is 56.3 Å². The first-order valence-corrected chi connectivity index (χ1v) is 9.54. The second-order valence-corrected chi connectivity index (χ2v) is 7.34. The van der Waals surface area contributed by atoms with Crippen LogP contribution in [-0.2, 0) is 16.1 Å². The highest BCUT2D eigenvalue weighted by Crippen LogP contribution is 2.25. The van der Waals surface area contributed by atoms with E-state index in [9.17, 15) is 9.59 Å². The van der Waals surface area contributed by atoms with E-state index < -0.39 is 0 Å². The Hall–Kier alpha value is -2.02. The normalized spacial score (nSPS) is 15.5. The third kappa shape index (κ3) is 5.73. The minimum atomic E-state index is -0.117. The first-order chi connectivity index (χ1) is 13.0. The van der Waals surface area contributed by atoms with Gasteiger partial charge in [0, 0.05) is 11.6 Å². The predicted octanol–water partition coefficient (Wildman–Crippen LogP) is 3.55. The van der Waals surface area contributed by atoms with Crippen LogP contribution in [0.1, 0.15) is 18.6 Å². The molecule has 144 valence electrons. The van der Waals surface area contributed by atoms with E-state index in [1.54, 1.807) is 30.5 Å². The van der Waals surface area contributed by atoms with E-state index >= 15 is 0 Å². The van der Waals surface area contributed by atoms with Gasteiger partial charge in [-0.25, -0.2) is 0 Å². The molecule has 1 aliphatic heterocycles. The molecule has 1 aromatic heterocycles. The molecule has 1 aromatic carbocycles. The number of anilines is 1. The second kappa shape index (κ2) is 9.26. The lowest BCUT2D eigenvalue weighted by molar-refractivity contribution is -0.126. The van der Waals surface area contributed by atoms with E-state index in [1.165, 1.54) is 0 Å². The number of rotatable bonds is 6. The van der Waals surface area contributed by atoms with Gasteiger partial charge in [-0.3, -0.25) is 14.5 Å². The molecule has 27 heavy (non-hydrogen) atoms. The molecule has 8 heteroatoms. The largest absolute Gasteiger partial charge is 0.467 e. The summed E-state index contributed by atoms with van der Waals surface area (Å²) in [5.74, 6) is 0.620. The number of hydrogen-bond donors (Lipinski definition) is 2. The van der Waals surface area contributed by atoms with Crippen molar-refractivity contribution in [3.63, 3.8) is 0 Å². The number of halogens is 2. The van der Waals surface area contributed by atoms with Crippen molar-refractivity contribution in [2.75, 3.05) is 25.0 Å². The minimum Gasteiger partial charge on any atom is -0.467 e. The summed E-state index contributed by atoms with van der Waals surface area (Å²) in [6.07, 6.45) is 3.04. The summed E-state index contributed by atoms with van der Waals surface area (Å²) in [7, 11) is 0. The van der Waals surface area contributed by atoms with Gasteiger partial charge in [-0.15, -0.1) is 0 Å². The Morgan fingerprint density at radius 1 is 1.15 bits per heavy atom. The van der Waals surface area contributed by atoms with Gasteiger partial charge >= 0.3 is 0 Å². The van der Waals surface area contributed by atoms with Gasteiger partial charge in [-0.1, -0.05) is 23.2 Å². The molecule has 0 bridgehead atoms. The number of carbonyl (C=O) groups excluding carboxylic acids is 2. The lowest BCUT2D eigenvalue weighted by Gasteiger charge is -2.30. The van der Waals surface area contributed by atoms with Crippen molar-refractivity contribution in [1.82, 2.24) is 10.2 Å². The number of furan rings is 1. The second-order valence-electron chi connectivity index (χ2n) is 6.52. The molecule has 0 aliphatic carbocycles. The zero-order chi connectivity index (χ0) is 19.2. The minimum absolute atomic E-state index is 0.0330. The van der Waals surface area contributed by atoms with Gasteiger partial charge < -0.3 is 15.1 Å². The van der Waals surface area contributed by atoms with E-state index in [4.69, 9.17) is 27.6 Å². The third-order valence-corrected chi connectivity index (χ3v) is 5.28. The maximum Gasteiger partial charge on any atom is 0.238 e. The molecule has 2 N–H and O–H groups in total. The lowest BCUT2D eigenvalue weighted by Crippen LogP contribution is -2.43. The average Bonchev–Trinajstić information content (AvgIpc) is 3.17. The van der Waals surface area contributed by atoms with Crippen LogP contribution < -0.4 is 10.6 Å². The van der Waals surface area contributed by atoms with Crippen LogP contribution in [0.4, 0.5) is 5.69 Å². The number of piperidine rings is 1. The molecule has 2 heterocycles. The molecule has 0 radical (unpaired) electrons. The first kappa shape index (κ1) is 19.7. The van der Waals surface area contributed by atoms with Crippen molar-refractivity contribution in [2.24, 2.45) is 5.92 Å². The molecule has 1 saturated heterocycles. The molecule has 0 saturated carbocycles. The van der Waals surface area contributed by atoms with E-state index in [0.29, 0.717) is 35.4 Å². The summed E-state index contributed by atoms with van der Waals surface area (Å²) in [6.45, 7) is 2.08. The monoisotopic (exact) mass is 409 g/mol. The van der Waals surface area contributed by atoms with Crippen LogP contribution in [0.3, 0.4) is 0 Å². The van der Waals surface area contributed by atoms with Crippen LogP contribution in [0.25, 0.3) is 0 Å². The SMILES string of the molecule is O=C(CN1CCC(C(=O)NCc2ccco2)CC1)Nc1ccc(Cl)c(Cl)c1. The van der Waals surface area contributed by atoms with Crippen LogP contribution in [0.5, 0.6) is 0 Å². The molecule has 0 atom stereocenters. The smallest absolute Gasteiger partial charge is 0.238 e. The predicted molar refractivity (Wildman–Crippen MR) is 105 cm³/mol. The molecule has 0 unspecified atom stereocenters. The first-order valence-electron chi connectivity index (χ1n) is 8.78. The summed E-state index contributed by atoms with van der Waals surface area (Å²) in [6, 6.07) is 8.60. The number of benzene rings is 1. The number of likely N-dealkylation sites (tertiary alicyclic amines) is 1. The highest BCUT2D eigenvalue weighted by atomic mass is 35.5. The summed E-state index contributed by atoms with van der Waals surface area (Å²) in [4.78, 5) is 26.5. The van der Waals surface area contributed by atoms with Gasteiger partial charge in [0.1, 0.15) is 5.76 Å². The lowest BCUT2D eigenvalue weighted by atomic mass is 9.96. The molecule has 2 amide bonds. The molecule has 0 spiro atoms. The Balaban J connectivity index is 1.40. The van der Waals surface area contributed by atoms with Crippen molar-refractivity contribution < 1.29 is 14.0 Å². The zero-order valence-electron chi connectivity index (χ0n) is 14.7. The van der Waals surface area contributed by atoms with Crippen molar-refractivity contribution >= 4 is 40.7 Å². The molecule has 3 rings (SSSR count). The fourth-order valence-corrected chi connectivity index (χ4v) is 3.36. The van der Waals surface area contributed by atoms with Crippen molar-refractivity contribution in [3.8, 4) is 0 Å². The number of nitrogens with zero attached hydrogens (tertiary/aromatic N) is 1. The maximum absolute atomic E-state index is 12.2. The quantitative estimate of drug-likeness (QED) is 0.764. The summed E-state index contributed by atoms with van der Waals surface area (Å²) in [5.41, 5.74) is 0.613. The Labute approximate surface area is 167 Å². The summed E-state index contributed by atoms with van der Waals surface area (Å²) in [5, 5.41) is 6.56. The van der Waals surface area contributed by atoms with Gasteiger partial charge in [0.25, 0.3) is 0 Å². The van der Waals surface area contributed by atoms with E-state index in [2.05, 4.69) is 10.6 Å². The summed E-state index contributed by atoms with van der Waals surface area (Å²) >= 11 is 11.8. The van der Waals surface area contributed by atoms with Crippen LogP contribution in [0.2, 0.25) is 10.0 Å². The molecule has 2 aromatic rings. The Morgan fingerprint density at radius 2 is 1.93 bits per heavy atom. The van der Waals surface area contributed by atoms with Gasteiger partial charge in [0.2, 0.25) is 11.8 Å². The van der Waals surface area contributed by atoms with E-state index in [-0.39, 0.29) is 24.3 Å².